The van der Waals surface area contributed by atoms with Crippen molar-refractivity contribution < 1.29 is 14.3 Å². The number of amides is 1. The highest BCUT2D eigenvalue weighted by Crippen LogP contribution is 2.07. The summed E-state index contributed by atoms with van der Waals surface area (Å²) in [6.07, 6.45) is 0.273. The molecule has 2 rings (SSSR count). The van der Waals surface area contributed by atoms with E-state index in [2.05, 4.69) is 30.1 Å². The monoisotopic (exact) mass is 327 g/mol. The molecule has 0 aliphatic carbocycles. The topological polar surface area (TPSA) is 55.4 Å². The van der Waals surface area contributed by atoms with Gasteiger partial charge in [0.05, 0.1) is 0 Å². The fourth-order valence-corrected chi connectivity index (χ4v) is 2.11. The van der Waals surface area contributed by atoms with Gasteiger partial charge >= 0.3 is 5.97 Å². The molecule has 0 heterocycles. The Morgan fingerprint density at radius 2 is 1.96 bits per heavy atom. The molecule has 118 valence electrons. The molecular formula is C18H17NO3S. The van der Waals surface area contributed by atoms with Gasteiger partial charge in [-0.05, 0) is 31.2 Å². The minimum absolute atomic E-state index is 0.273. The van der Waals surface area contributed by atoms with Gasteiger partial charge in [0.1, 0.15) is 11.5 Å². The smallest absolute Gasteiger partial charge is 0.330 e. The molecule has 0 saturated heterocycles. The minimum Gasteiger partial charge on any atom is -0.450 e. The van der Waals surface area contributed by atoms with E-state index in [0.29, 0.717) is 5.56 Å². The maximum absolute atomic E-state index is 12.3. The molecule has 1 N–H and O–H groups in total. The zero-order valence-electron chi connectivity index (χ0n) is 12.7. The van der Waals surface area contributed by atoms with Gasteiger partial charge in [-0.1, -0.05) is 36.4 Å². The van der Waals surface area contributed by atoms with Crippen LogP contribution in [0.4, 0.5) is 0 Å². The molecule has 0 fully saturated rings. The van der Waals surface area contributed by atoms with Gasteiger partial charge < -0.3 is 10.1 Å². The summed E-state index contributed by atoms with van der Waals surface area (Å²) < 4.78 is 5.11. The van der Waals surface area contributed by atoms with E-state index in [9.17, 15) is 9.59 Å². The molecule has 0 saturated carbocycles. The fourth-order valence-electron chi connectivity index (χ4n) is 2.00. The van der Waals surface area contributed by atoms with E-state index < -0.39 is 17.4 Å². The minimum atomic E-state index is -0.815. The maximum atomic E-state index is 12.3. The number of carbonyl (C=O) groups is 2. The molecule has 0 aliphatic rings. The normalized spacial score (nSPS) is 12.6. The molecule has 2 atom stereocenters. The Bertz CT molecular complexity index is 644. The number of thiol groups is 1. The summed E-state index contributed by atoms with van der Waals surface area (Å²) in [4.78, 5) is 24.5. The molecule has 23 heavy (non-hydrogen) atoms. The number of rotatable bonds is 6. The molecule has 4 nitrogen and oxygen atoms in total. The van der Waals surface area contributed by atoms with E-state index >= 15 is 0 Å². The van der Waals surface area contributed by atoms with Crippen molar-refractivity contribution in [2.45, 2.75) is 24.8 Å². The van der Waals surface area contributed by atoms with Crippen LogP contribution in [0.5, 0.6) is 0 Å². The van der Waals surface area contributed by atoms with Crippen molar-refractivity contribution in [3.8, 4) is 0 Å². The number of benzene rings is 1. The first-order chi connectivity index (χ1) is 11.1. The summed E-state index contributed by atoms with van der Waals surface area (Å²) in [7, 11) is 0. The van der Waals surface area contributed by atoms with Crippen LogP contribution in [0.25, 0.3) is 0 Å². The van der Waals surface area contributed by atoms with Gasteiger partial charge in [0.25, 0.3) is 5.91 Å². The highest BCUT2D eigenvalue weighted by Gasteiger charge is 2.24. The summed E-state index contributed by atoms with van der Waals surface area (Å²) in [5.41, 5.74) is 0.687. The quantitative estimate of drug-likeness (QED) is 0.487. The van der Waals surface area contributed by atoms with Crippen LogP contribution < -0.4 is 5.32 Å². The van der Waals surface area contributed by atoms with Crippen LogP contribution in [-0.2, 0) is 16.0 Å². The fraction of sp³-hybridized carbons (Fsp3) is 0.222. The molecule has 5 heteroatoms. The summed E-state index contributed by atoms with van der Waals surface area (Å²) in [6.45, 7) is 1.64. The van der Waals surface area contributed by atoms with E-state index in [1.165, 1.54) is 0 Å². The highest BCUT2D eigenvalue weighted by molar-refractivity contribution is 7.80. The third-order valence-corrected chi connectivity index (χ3v) is 3.15. The average Bonchev–Trinajstić information content (AvgIpc) is 2.55. The molecule has 2 unspecified atom stereocenters. The Morgan fingerprint density at radius 3 is 2.57 bits per heavy atom. The lowest BCUT2D eigenvalue weighted by molar-refractivity contribution is -0.146. The van der Waals surface area contributed by atoms with Crippen LogP contribution in [0.3, 0.4) is 0 Å². The Labute approximate surface area is 141 Å². The Kier molecular flexibility index (Phi) is 6.07. The van der Waals surface area contributed by atoms with Crippen LogP contribution in [0.2, 0.25) is 0 Å². The first-order valence-electron chi connectivity index (χ1n) is 7.18. The van der Waals surface area contributed by atoms with E-state index in [1.807, 2.05) is 12.1 Å². The second-order valence-corrected chi connectivity index (χ2v) is 5.68. The maximum Gasteiger partial charge on any atom is 0.330 e. The Morgan fingerprint density at radius 1 is 1.22 bits per heavy atom. The van der Waals surface area contributed by atoms with Crippen LogP contribution >= 0.6 is 12.6 Å². The Hall–Kier alpha value is -2.45. The van der Waals surface area contributed by atoms with E-state index in [-0.39, 0.29) is 12.3 Å². The molecular weight excluding hydrogens is 310 g/mol. The number of esters is 1. The van der Waals surface area contributed by atoms with Crippen molar-refractivity contribution in [3.63, 3.8) is 0 Å². The molecule has 1 amide bonds. The van der Waals surface area contributed by atoms with Gasteiger partial charge in [0.15, 0.2) is 0 Å². The van der Waals surface area contributed by atoms with Crippen molar-refractivity contribution in [2.75, 3.05) is 0 Å². The average molecular weight is 327 g/mol. The summed E-state index contributed by atoms with van der Waals surface area (Å²) in [5, 5.41) is 2.71. The summed E-state index contributed by atoms with van der Waals surface area (Å²) in [5.74, 6) is -0.867. The second kappa shape index (κ2) is 8.25. The van der Waals surface area contributed by atoms with Crippen LogP contribution in [0, 0.1) is 12.1 Å². The lowest BCUT2D eigenvalue weighted by atomic mass is 10.1. The summed E-state index contributed by atoms with van der Waals surface area (Å²) >= 11 is 4.05. The number of hydrogen-bond donors (Lipinski definition) is 2. The Balaban J connectivity index is 2.12. The summed E-state index contributed by atoms with van der Waals surface area (Å²) in [6, 6.07) is 19.0. The first kappa shape index (κ1) is 16.9. The van der Waals surface area contributed by atoms with Gasteiger partial charge in [0, 0.05) is 17.5 Å². The van der Waals surface area contributed by atoms with Crippen molar-refractivity contribution in [1.29, 1.82) is 0 Å². The van der Waals surface area contributed by atoms with Gasteiger partial charge in [-0.25, -0.2) is 4.79 Å². The third kappa shape index (κ3) is 5.35. The zero-order chi connectivity index (χ0) is 16.7. The van der Waals surface area contributed by atoms with Crippen LogP contribution in [0.1, 0.15) is 22.8 Å². The van der Waals surface area contributed by atoms with Crippen molar-refractivity contribution in [1.82, 2.24) is 5.32 Å². The van der Waals surface area contributed by atoms with Gasteiger partial charge in [-0.3, -0.25) is 4.79 Å². The molecule has 0 spiro atoms. The predicted molar refractivity (Wildman–Crippen MR) is 90.1 cm³/mol. The van der Waals surface area contributed by atoms with E-state index in [0.717, 1.165) is 5.56 Å². The van der Waals surface area contributed by atoms with Gasteiger partial charge in [-0.2, -0.15) is 0 Å². The van der Waals surface area contributed by atoms with E-state index in [1.54, 1.807) is 43.3 Å². The molecule has 0 aliphatic heterocycles. The first-order valence-corrected chi connectivity index (χ1v) is 7.69. The van der Waals surface area contributed by atoms with Crippen LogP contribution in [0.15, 0.2) is 48.5 Å². The van der Waals surface area contributed by atoms with Crippen LogP contribution in [-0.4, -0.2) is 23.4 Å². The number of ether oxygens (including phenoxy) is 1. The molecule has 2 aromatic rings. The largest absolute Gasteiger partial charge is 0.450 e. The lowest BCUT2D eigenvalue weighted by Crippen LogP contribution is -2.43. The SMILES string of the molecule is CC(S)OC(=O)C(Cc1c#cccc1)NC(=O)c1ccccc1. The number of carbonyl (C=O) groups excluding carboxylic acids is 2. The highest BCUT2D eigenvalue weighted by atomic mass is 32.1. The number of hydrogen-bond acceptors (Lipinski definition) is 4. The van der Waals surface area contributed by atoms with Gasteiger partial charge in [-0.15, -0.1) is 12.6 Å². The third-order valence-electron chi connectivity index (χ3n) is 3.05. The lowest BCUT2D eigenvalue weighted by Gasteiger charge is -2.18. The molecule has 0 radical (unpaired) electrons. The van der Waals surface area contributed by atoms with Crippen molar-refractivity contribution in [2.24, 2.45) is 0 Å². The van der Waals surface area contributed by atoms with Gasteiger partial charge in [0.2, 0.25) is 0 Å². The van der Waals surface area contributed by atoms with E-state index in [4.69, 9.17) is 4.74 Å². The van der Waals surface area contributed by atoms with Crippen molar-refractivity contribution >= 4 is 24.5 Å². The zero-order valence-corrected chi connectivity index (χ0v) is 13.5. The second-order valence-electron chi connectivity index (χ2n) is 4.95. The predicted octanol–water partition coefficient (Wildman–Crippen LogP) is 2.45. The molecule has 2 aromatic carbocycles. The molecule has 0 aromatic heterocycles. The standard InChI is InChI=1S/C18H17NO3S/c1-13(23)22-18(21)16(12-14-8-4-2-5-9-14)19-17(20)15-10-6-3-7-11-15/h2-4,6-8,10-11,13,16,23H,12H2,1H3,(H,19,20). The van der Waals surface area contributed by atoms with Crippen molar-refractivity contribution in [3.05, 3.63) is 71.8 Å². The molecule has 0 bridgehead atoms. The number of nitrogens with one attached hydrogen (secondary N) is 1.